The molecule has 1 heterocycles. The Morgan fingerprint density at radius 1 is 1.26 bits per heavy atom. The highest BCUT2D eigenvalue weighted by Gasteiger charge is 2.26. The topological polar surface area (TPSA) is 75.4 Å². The van der Waals surface area contributed by atoms with Gasteiger partial charge in [-0.25, -0.2) is 0 Å². The Balaban J connectivity index is 1.99. The molecule has 0 fully saturated rings. The number of aromatic nitrogens is 1. The van der Waals surface area contributed by atoms with Crippen LogP contribution < -0.4 is 5.32 Å². The number of nitrogens with zero attached hydrogens (tertiary/aromatic N) is 1. The number of carbonyl (C=O) groups is 1. The second-order valence-corrected chi connectivity index (χ2v) is 5.83. The Morgan fingerprint density at radius 3 is 2.57 bits per heavy atom. The molecule has 0 bridgehead atoms. The van der Waals surface area contributed by atoms with Crippen LogP contribution in [0, 0.1) is 0 Å². The summed E-state index contributed by atoms with van der Waals surface area (Å²) in [6, 6.07) is 9.21. The van der Waals surface area contributed by atoms with Gasteiger partial charge in [-0.3, -0.25) is 4.79 Å². The van der Waals surface area contributed by atoms with E-state index in [1.807, 2.05) is 44.2 Å². The predicted octanol–water partition coefficient (Wildman–Crippen LogP) is 2.71. The number of aliphatic hydroxyl groups is 1. The Bertz CT molecular complexity index is 626. The molecule has 1 aromatic carbocycles. The highest BCUT2D eigenvalue weighted by molar-refractivity contribution is 5.77. The van der Waals surface area contributed by atoms with Crippen LogP contribution in [-0.2, 0) is 29.8 Å². The van der Waals surface area contributed by atoms with E-state index >= 15 is 0 Å². The first-order valence-corrected chi connectivity index (χ1v) is 7.98. The number of amides is 1. The van der Waals surface area contributed by atoms with Gasteiger partial charge in [-0.2, -0.15) is 0 Å². The number of hydrogen-bond donors (Lipinski definition) is 2. The monoisotopic (exact) mass is 316 g/mol. The van der Waals surface area contributed by atoms with Crippen LogP contribution in [0.2, 0.25) is 0 Å². The molecule has 5 heteroatoms. The number of aryl methyl sites for hydroxylation is 2. The summed E-state index contributed by atoms with van der Waals surface area (Å²) in [6.45, 7) is 6.02. The molecular weight excluding hydrogens is 292 g/mol. The minimum absolute atomic E-state index is 0.00517. The van der Waals surface area contributed by atoms with Crippen molar-refractivity contribution in [2.45, 2.75) is 52.2 Å². The maximum Gasteiger partial charge on any atom is 0.223 e. The second-order valence-electron chi connectivity index (χ2n) is 5.83. The second kappa shape index (κ2) is 7.42. The number of rotatable bonds is 7. The fourth-order valence-electron chi connectivity index (χ4n) is 2.60. The van der Waals surface area contributed by atoms with Gasteiger partial charge in [0.2, 0.25) is 5.91 Å². The van der Waals surface area contributed by atoms with Crippen LogP contribution in [0.1, 0.15) is 49.8 Å². The molecule has 0 aliphatic rings. The molecule has 23 heavy (non-hydrogen) atoms. The van der Waals surface area contributed by atoms with Crippen molar-refractivity contribution in [1.29, 1.82) is 0 Å². The molecule has 1 amide bonds. The summed E-state index contributed by atoms with van der Waals surface area (Å²) in [5.74, 6) is 0.598. The Morgan fingerprint density at radius 2 is 1.96 bits per heavy atom. The standard InChI is InChI=1S/C18H24N2O3/c1-4-15-14(16(5-2)23-20-15)12-19-17(21)11-18(3,22)13-9-7-6-8-10-13/h6-10,22H,4-5,11-12H2,1-3H3,(H,19,21). The van der Waals surface area contributed by atoms with E-state index in [0.717, 1.165) is 35.4 Å². The highest BCUT2D eigenvalue weighted by Crippen LogP contribution is 2.24. The quantitative estimate of drug-likeness (QED) is 0.823. The molecule has 1 atom stereocenters. The lowest BCUT2D eigenvalue weighted by molar-refractivity contribution is -0.126. The van der Waals surface area contributed by atoms with E-state index in [9.17, 15) is 9.90 Å². The molecule has 0 spiro atoms. The van der Waals surface area contributed by atoms with Crippen LogP contribution in [0.3, 0.4) is 0 Å². The number of carbonyl (C=O) groups excluding carboxylic acids is 1. The van der Waals surface area contributed by atoms with Crippen LogP contribution in [0.25, 0.3) is 0 Å². The molecule has 2 rings (SSSR count). The summed E-state index contributed by atoms with van der Waals surface area (Å²) in [4.78, 5) is 12.2. The molecule has 2 aromatic rings. The van der Waals surface area contributed by atoms with Gasteiger partial charge in [-0.15, -0.1) is 0 Å². The van der Waals surface area contributed by atoms with E-state index in [1.54, 1.807) is 6.92 Å². The molecule has 124 valence electrons. The summed E-state index contributed by atoms with van der Waals surface area (Å²) in [5.41, 5.74) is 1.35. The number of hydrogen-bond acceptors (Lipinski definition) is 4. The average Bonchev–Trinajstić information content (AvgIpc) is 2.95. The molecule has 0 aliphatic carbocycles. The summed E-state index contributed by atoms with van der Waals surface area (Å²) in [7, 11) is 0. The average molecular weight is 316 g/mol. The molecule has 1 aromatic heterocycles. The van der Waals surface area contributed by atoms with Crippen molar-refractivity contribution in [3.05, 3.63) is 52.9 Å². The first-order chi connectivity index (χ1) is 11.0. The van der Waals surface area contributed by atoms with Crippen molar-refractivity contribution >= 4 is 5.91 Å². The summed E-state index contributed by atoms with van der Waals surface area (Å²) < 4.78 is 5.29. The molecular formula is C18H24N2O3. The third-order valence-corrected chi connectivity index (χ3v) is 3.97. The lowest BCUT2D eigenvalue weighted by Crippen LogP contribution is -2.32. The van der Waals surface area contributed by atoms with Gasteiger partial charge in [0.25, 0.3) is 0 Å². The van der Waals surface area contributed by atoms with Crippen molar-refractivity contribution < 1.29 is 14.4 Å². The van der Waals surface area contributed by atoms with Crippen LogP contribution >= 0.6 is 0 Å². The Kier molecular flexibility index (Phi) is 5.55. The van der Waals surface area contributed by atoms with Gasteiger partial charge in [0.15, 0.2) is 0 Å². The zero-order valence-corrected chi connectivity index (χ0v) is 13.9. The summed E-state index contributed by atoms with van der Waals surface area (Å²) in [6.07, 6.45) is 1.50. The zero-order chi connectivity index (χ0) is 16.9. The van der Waals surface area contributed by atoms with E-state index in [1.165, 1.54) is 0 Å². The van der Waals surface area contributed by atoms with Crippen molar-refractivity contribution in [3.8, 4) is 0 Å². The first kappa shape index (κ1) is 17.2. The van der Waals surface area contributed by atoms with Crippen molar-refractivity contribution in [2.75, 3.05) is 0 Å². The lowest BCUT2D eigenvalue weighted by atomic mass is 9.92. The lowest BCUT2D eigenvalue weighted by Gasteiger charge is -2.23. The van der Waals surface area contributed by atoms with Crippen LogP contribution in [0.4, 0.5) is 0 Å². The molecule has 1 unspecified atom stereocenters. The SMILES string of the molecule is CCc1noc(CC)c1CNC(=O)CC(C)(O)c1ccccc1. The normalized spacial score (nSPS) is 13.6. The minimum Gasteiger partial charge on any atom is -0.385 e. The van der Waals surface area contributed by atoms with Crippen molar-refractivity contribution in [2.24, 2.45) is 0 Å². The van der Waals surface area contributed by atoms with Gasteiger partial charge in [0.1, 0.15) is 5.76 Å². The van der Waals surface area contributed by atoms with E-state index in [2.05, 4.69) is 10.5 Å². The van der Waals surface area contributed by atoms with E-state index in [0.29, 0.717) is 6.54 Å². The highest BCUT2D eigenvalue weighted by atomic mass is 16.5. The van der Waals surface area contributed by atoms with E-state index in [4.69, 9.17) is 4.52 Å². The minimum atomic E-state index is -1.19. The number of nitrogens with one attached hydrogen (secondary N) is 1. The maximum atomic E-state index is 12.2. The Labute approximate surface area is 136 Å². The van der Waals surface area contributed by atoms with Gasteiger partial charge in [-0.1, -0.05) is 49.3 Å². The molecule has 0 radical (unpaired) electrons. The third-order valence-electron chi connectivity index (χ3n) is 3.97. The molecule has 0 saturated carbocycles. The zero-order valence-electron chi connectivity index (χ0n) is 13.9. The van der Waals surface area contributed by atoms with Gasteiger partial charge >= 0.3 is 0 Å². The summed E-state index contributed by atoms with van der Waals surface area (Å²) >= 11 is 0. The first-order valence-electron chi connectivity index (χ1n) is 7.98. The van der Waals surface area contributed by atoms with Gasteiger partial charge in [0, 0.05) is 18.5 Å². The molecule has 0 aliphatic heterocycles. The fourth-order valence-corrected chi connectivity index (χ4v) is 2.60. The van der Waals surface area contributed by atoms with Crippen molar-refractivity contribution in [1.82, 2.24) is 10.5 Å². The van der Waals surface area contributed by atoms with Gasteiger partial charge in [-0.05, 0) is 18.9 Å². The predicted molar refractivity (Wildman–Crippen MR) is 87.7 cm³/mol. The largest absolute Gasteiger partial charge is 0.385 e. The molecule has 2 N–H and O–H groups in total. The van der Waals surface area contributed by atoms with Crippen LogP contribution in [0.5, 0.6) is 0 Å². The molecule has 0 saturated heterocycles. The smallest absolute Gasteiger partial charge is 0.223 e. The van der Waals surface area contributed by atoms with Crippen LogP contribution in [-0.4, -0.2) is 16.2 Å². The number of benzene rings is 1. The fraction of sp³-hybridized carbons (Fsp3) is 0.444. The van der Waals surface area contributed by atoms with E-state index in [-0.39, 0.29) is 12.3 Å². The van der Waals surface area contributed by atoms with E-state index < -0.39 is 5.60 Å². The van der Waals surface area contributed by atoms with Crippen molar-refractivity contribution in [3.63, 3.8) is 0 Å². The molecule has 5 nitrogen and oxygen atoms in total. The van der Waals surface area contributed by atoms with Crippen LogP contribution in [0.15, 0.2) is 34.9 Å². The Hall–Kier alpha value is -2.14. The third kappa shape index (κ3) is 4.20. The van der Waals surface area contributed by atoms with Gasteiger partial charge < -0.3 is 14.9 Å². The maximum absolute atomic E-state index is 12.2. The summed E-state index contributed by atoms with van der Waals surface area (Å²) in [5, 5.41) is 17.4. The van der Waals surface area contributed by atoms with Gasteiger partial charge in [0.05, 0.1) is 17.7 Å².